The molecule has 0 aliphatic heterocycles. The van der Waals surface area contributed by atoms with Crippen LogP contribution >= 0.6 is 0 Å². The Balaban J connectivity index is 1.84. The van der Waals surface area contributed by atoms with Gasteiger partial charge in [-0.15, -0.1) is 0 Å². The number of nitrogens with two attached hydrogens (primary N) is 1. The number of ether oxygens (including phenoxy) is 1. The minimum atomic E-state index is -3.77. The lowest BCUT2D eigenvalue weighted by Gasteiger charge is -2.14. The third-order valence-corrected chi connectivity index (χ3v) is 4.95. The molecule has 0 unspecified atom stereocenters. The molecule has 0 saturated heterocycles. The maximum absolute atomic E-state index is 12.0. The Bertz CT molecular complexity index is 982. The minimum absolute atomic E-state index is 0.0100. The predicted molar refractivity (Wildman–Crippen MR) is 106 cm³/mol. The van der Waals surface area contributed by atoms with Crippen molar-refractivity contribution in [2.45, 2.75) is 24.8 Å². The first-order valence-corrected chi connectivity index (χ1v) is 10.0. The highest BCUT2D eigenvalue weighted by molar-refractivity contribution is 7.89. The Kier molecular flexibility index (Phi) is 7.08. The van der Waals surface area contributed by atoms with Crippen LogP contribution < -0.4 is 10.5 Å². The van der Waals surface area contributed by atoms with Crippen molar-refractivity contribution in [2.24, 2.45) is 5.14 Å². The highest BCUT2D eigenvalue weighted by atomic mass is 32.2. The van der Waals surface area contributed by atoms with Gasteiger partial charge in [-0.05, 0) is 48.7 Å². The van der Waals surface area contributed by atoms with Crippen LogP contribution in [-0.4, -0.2) is 26.9 Å². The Morgan fingerprint density at radius 1 is 1.14 bits per heavy atom. The van der Waals surface area contributed by atoms with E-state index in [4.69, 9.17) is 9.88 Å². The van der Waals surface area contributed by atoms with Crippen molar-refractivity contribution in [2.75, 3.05) is 6.61 Å². The van der Waals surface area contributed by atoms with Crippen LogP contribution in [0.5, 0.6) is 0 Å². The van der Waals surface area contributed by atoms with Crippen LogP contribution in [0, 0.1) is 6.92 Å². The molecule has 0 fully saturated rings. The van der Waals surface area contributed by atoms with Crippen LogP contribution in [0.3, 0.4) is 0 Å². The van der Waals surface area contributed by atoms with Crippen molar-refractivity contribution in [3.8, 4) is 0 Å². The zero-order valence-corrected chi connectivity index (χ0v) is 16.4. The van der Waals surface area contributed by atoms with Crippen LogP contribution in [0.4, 0.5) is 0 Å². The summed E-state index contributed by atoms with van der Waals surface area (Å²) in [6, 6.07) is 13.0. The Morgan fingerprint density at radius 3 is 2.39 bits per heavy atom. The summed E-state index contributed by atoms with van der Waals surface area (Å²) in [6.45, 7) is 3.23. The number of carbonyl (C=O) groups is 2. The molecule has 0 aliphatic rings. The van der Waals surface area contributed by atoms with Crippen LogP contribution in [0.1, 0.15) is 29.7 Å². The second-order valence-corrected chi connectivity index (χ2v) is 7.76. The lowest BCUT2D eigenvalue weighted by atomic mass is 10.1. The summed E-state index contributed by atoms with van der Waals surface area (Å²) in [6.07, 6.45) is 2.90. The van der Waals surface area contributed by atoms with Gasteiger partial charge in [0, 0.05) is 6.08 Å². The van der Waals surface area contributed by atoms with Gasteiger partial charge in [0.1, 0.15) is 0 Å². The fraction of sp³-hybridized carbons (Fsp3) is 0.200. The summed E-state index contributed by atoms with van der Waals surface area (Å²) in [7, 11) is -3.77. The molecule has 0 saturated carbocycles. The average Bonchev–Trinajstić information content (AvgIpc) is 2.65. The van der Waals surface area contributed by atoms with Gasteiger partial charge in [-0.25, -0.2) is 18.4 Å². The van der Waals surface area contributed by atoms with Crippen LogP contribution in [0.25, 0.3) is 6.08 Å². The summed E-state index contributed by atoms with van der Waals surface area (Å²) in [4.78, 5) is 23.7. The van der Waals surface area contributed by atoms with Gasteiger partial charge in [-0.2, -0.15) is 0 Å². The number of carbonyl (C=O) groups excluding carboxylic acids is 2. The molecule has 8 heteroatoms. The van der Waals surface area contributed by atoms with Gasteiger partial charge in [-0.1, -0.05) is 36.4 Å². The van der Waals surface area contributed by atoms with E-state index in [9.17, 15) is 18.0 Å². The van der Waals surface area contributed by atoms with Crippen molar-refractivity contribution in [3.05, 3.63) is 71.3 Å². The lowest BCUT2D eigenvalue weighted by molar-refractivity contribution is -0.144. The molecule has 2 aromatic carbocycles. The molecule has 28 heavy (non-hydrogen) atoms. The number of amides is 1. The number of aryl methyl sites for hydroxylation is 1. The number of primary sulfonamides is 1. The summed E-state index contributed by atoms with van der Waals surface area (Å²) >= 11 is 0. The molecule has 0 aromatic heterocycles. The first-order valence-electron chi connectivity index (χ1n) is 8.49. The van der Waals surface area contributed by atoms with E-state index in [2.05, 4.69) is 5.32 Å². The molecule has 0 heterocycles. The van der Waals surface area contributed by atoms with Crippen molar-refractivity contribution in [1.82, 2.24) is 5.32 Å². The molecule has 2 aromatic rings. The van der Waals surface area contributed by atoms with Crippen molar-refractivity contribution < 1.29 is 22.7 Å². The summed E-state index contributed by atoms with van der Waals surface area (Å²) in [5.74, 6) is -1.09. The topological polar surface area (TPSA) is 116 Å². The molecule has 148 valence electrons. The van der Waals surface area contributed by atoms with Crippen molar-refractivity contribution in [3.63, 3.8) is 0 Å². The number of nitrogens with one attached hydrogen (secondary N) is 1. The Morgan fingerprint density at radius 2 is 1.79 bits per heavy atom. The number of hydrogen-bond donors (Lipinski definition) is 2. The first kappa shape index (κ1) is 21.3. The number of sulfonamides is 1. The molecule has 0 bridgehead atoms. The molecule has 7 nitrogen and oxygen atoms in total. The Hall–Kier alpha value is -2.97. The van der Waals surface area contributed by atoms with Gasteiger partial charge in [0.15, 0.2) is 6.61 Å². The van der Waals surface area contributed by atoms with E-state index < -0.39 is 34.5 Å². The maximum atomic E-state index is 12.0. The molecule has 0 aliphatic carbocycles. The van der Waals surface area contributed by atoms with Crippen molar-refractivity contribution in [1.29, 1.82) is 0 Å². The van der Waals surface area contributed by atoms with Crippen LogP contribution in [0.2, 0.25) is 0 Å². The van der Waals surface area contributed by atoms with Gasteiger partial charge in [-0.3, -0.25) is 4.79 Å². The van der Waals surface area contributed by atoms with E-state index in [1.165, 1.54) is 18.2 Å². The first-order chi connectivity index (χ1) is 13.2. The third-order valence-electron chi connectivity index (χ3n) is 4.02. The number of esters is 1. The average molecular weight is 402 g/mol. The highest BCUT2D eigenvalue weighted by Gasteiger charge is 2.13. The molecule has 1 amide bonds. The number of rotatable bonds is 7. The zero-order chi connectivity index (χ0) is 20.7. The number of benzene rings is 2. The molecular formula is C20H22N2O5S. The fourth-order valence-corrected chi connectivity index (χ4v) is 2.94. The van der Waals surface area contributed by atoms with Gasteiger partial charge in [0.05, 0.1) is 10.9 Å². The van der Waals surface area contributed by atoms with Gasteiger partial charge >= 0.3 is 5.97 Å². The van der Waals surface area contributed by atoms with E-state index in [-0.39, 0.29) is 4.90 Å². The molecule has 0 spiro atoms. The standard InChI is InChI=1S/C20H22N2O5S/c1-14-5-3-4-6-16(14)9-12-20(24)27-13-19(23)22-15(2)17-7-10-18(11-8-17)28(21,25)26/h3-12,15H,13H2,1-2H3,(H,22,23)(H2,21,25,26)/b12-9+/t15-/m1/s1. The zero-order valence-electron chi connectivity index (χ0n) is 15.6. The van der Waals surface area contributed by atoms with Gasteiger partial charge in [0.25, 0.3) is 5.91 Å². The van der Waals surface area contributed by atoms with E-state index in [0.29, 0.717) is 5.56 Å². The van der Waals surface area contributed by atoms with Crippen LogP contribution in [0.15, 0.2) is 59.5 Å². The van der Waals surface area contributed by atoms with Crippen LogP contribution in [-0.2, 0) is 24.3 Å². The molecule has 2 rings (SSSR count). The van der Waals surface area contributed by atoms with E-state index >= 15 is 0 Å². The van der Waals surface area contributed by atoms with Gasteiger partial charge < -0.3 is 10.1 Å². The Labute approximate surface area is 164 Å². The van der Waals surface area contributed by atoms with E-state index in [0.717, 1.165) is 11.1 Å². The normalized spacial score (nSPS) is 12.5. The second kappa shape index (κ2) is 9.29. The molecular weight excluding hydrogens is 380 g/mol. The fourth-order valence-electron chi connectivity index (χ4n) is 2.43. The SMILES string of the molecule is Cc1ccccc1/C=C/C(=O)OCC(=O)N[C@H](C)c1ccc(S(N)(=O)=O)cc1. The second-order valence-electron chi connectivity index (χ2n) is 6.20. The third kappa shape index (κ3) is 6.33. The summed E-state index contributed by atoms with van der Waals surface area (Å²) in [5, 5.41) is 7.72. The molecule has 3 N–H and O–H groups in total. The quantitative estimate of drug-likeness (QED) is 0.543. The summed E-state index contributed by atoms with van der Waals surface area (Å²) in [5.41, 5.74) is 2.60. The smallest absolute Gasteiger partial charge is 0.331 e. The lowest BCUT2D eigenvalue weighted by Crippen LogP contribution is -2.30. The van der Waals surface area contributed by atoms with E-state index in [1.54, 1.807) is 25.1 Å². The largest absolute Gasteiger partial charge is 0.452 e. The summed E-state index contributed by atoms with van der Waals surface area (Å²) < 4.78 is 27.4. The highest BCUT2D eigenvalue weighted by Crippen LogP contribution is 2.15. The predicted octanol–water partition coefficient (Wildman–Crippen LogP) is 2.08. The van der Waals surface area contributed by atoms with E-state index in [1.807, 2.05) is 31.2 Å². The number of hydrogen-bond acceptors (Lipinski definition) is 5. The van der Waals surface area contributed by atoms with Gasteiger partial charge in [0.2, 0.25) is 10.0 Å². The minimum Gasteiger partial charge on any atom is -0.452 e. The van der Waals surface area contributed by atoms with Crippen molar-refractivity contribution >= 4 is 28.0 Å². The molecule has 1 atom stereocenters. The maximum Gasteiger partial charge on any atom is 0.331 e. The monoisotopic (exact) mass is 402 g/mol. The molecule has 0 radical (unpaired) electrons.